The van der Waals surface area contributed by atoms with Gasteiger partial charge in [-0.15, -0.1) is 0 Å². The molecule has 2 atom stereocenters. The number of rotatable bonds is 1. The van der Waals surface area contributed by atoms with E-state index in [0.29, 0.717) is 0 Å². The zero-order valence-electron chi connectivity index (χ0n) is 5.67. The lowest BCUT2D eigenvalue weighted by Gasteiger charge is -2.23. The van der Waals surface area contributed by atoms with Crippen molar-refractivity contribution in [1.82, 2.24) is 0 Å². The molecule has 0 fully saturated rings. The minimum absolute atomic E-state index is 0.146. The summed E-state index contributed by atoms with van der Waals surface area (Å²) in [6, 6.07) is 0. The van der Waals surface area contributed by atoms with Crippen molar-refractivity contribution >= 4 is 45.9 Å². The lowest BCUT2D eigenvalue weighted by Crippen LogP contribution is -2.40. The van der Waals surface area contributed by atoms with Crippen molar-refractivity contribution in [2.75, 3.05) is 0 Å². The third-order valence-corrected chi connectivity index (χ3v) is 2.65. The van der Waals surface area contributed by atoms with Crippen LogP contribution in [0.1, 0.15) is 0 Å². The molecule has 0 aliphatic carbocycles. The quantitative estimate of drug-likeness (QED) is 0.550. The summed E-state index contributed by atoms with van der Waals surface area (Å²) in [5.74, 6) is -1.24. The maximum Gasteiger partial charge on any atom is 0.332 e. The van der Waals surface area contributed by atoms with Gasteiger partial charge in [-0.3, -0.25) is 4.99 Å². The molecule has 12 heavy (non-hydrogen) atoms. The van der Waals surface area contributed by atoms with Crippen LogP contribution in [-0.2, 0) is 4.79 Å². The van der Waals surface area contributed by atoms with E-state index >= 15 is 0 Å². The van der Waals surface area contributed by atoms with Crippen molar-refractivity contribution in [2.45, 2.75) is 10.4 Å². The number of nitrogens with zero attached hydrogens (tertiary/aromatic N) is 1. The van der Waals surface area contributed by atoms with E-state index < -0.39 is 16.3 Å². The molecule has 1 rings (SSSR count). The number of alkyl halides is 2. The first kappa shape index (κ1) is 9.84. The molecular weight excluding hydrogens is 224 g/mol. The van der Waals surface area contributed by atoms with Gasteiger partial charge in [0.1, 0.15) is 5.17 Å². The zero-order chi connectivity index (χ0) is 9.35. The smallest absolute Gasteiger partial charge is 0.332 e. The maximum absolute atomic E-state index is 10.6. The second-order valence-electron chi connectivity index (χ2n) is 2.19. The molecule has 1 N–H and O–H groups in total. The van der Waals surface area contributed by atoms with E-state index in [1.54, 1.807) is 0 Å². The van der Waals surface area contributed by atoms with Gasteiger partial charge >= 0.3 is 5.97 Å². The van der Waals surface area contributed by atoms with Gasteiger partial charge in [-0.25, -0.2) is 4.79 Å². The molecule has 0 bridgehead atoms. The van der Waals surface area contributed by atoms with Crippen molar-refractivity contribution < 1.29 is 9.90 Å². The van der Waals surface area contributed by atoms with Gasteiger partial charge < -0.3 is 5.11 Å². The van der Waals surface area contributed by atoms with Crippen LogP contribution in [0.5, 0.6) is 0 Å². The molecule has 6 heteroatoms. The number of carbonyl (C=O) groups is 1. The van der Waals surface area contributed by atoms with E-state index in [1.807, 2.05) is 0 Å². The van der Waals surface area contributed by atoms with Crippen molar-refractivity contribution in [2.24, 2.45) is 4.99 Å². The lowest BCUT2D eigenvalue weighted by molar-refractivity contribution is -0.138. The number of allylic oxidation sites excluding steroid dienone is 1. The first-order chi connectivity index (χ1) is 5.47. The van der Waals surface area contributed by atoms with Gasteiger partial charge in [-0.1, -0.05) is 34.8 Å². The van der Waals surface area contributed by atoms with Crippen molar-refractivity contribution in [3.63, 3.8) is 0 Å². The Hall–Kier alpha value is -0.250. The Bertz CT molecular complexity index is 276. The average Bonchev–Trinajstić information content (AvgIpc) is 1.97. The number of aliphatic imine (C=N–C) groups is 1. The summed E-state index contributed by atoms with van der Waals surface area (Å²) < 4.78 is 0. The van der Waals surface area contributed by atoms with Crippen LogP contribution in [0, 0.1) is 0 Å². The number of hydrogen-bond donors (Lipinski definition) is 1. The van der Waals surface area contributed by atoms with E-state index in [1.165, 1.54) is 12.2 Å². The first-order valence-electron chi connectivity index (χ1n) is 2.96. The average molecular weight is 228 g/mol. The summed E-state index contributed by atoms with van der Waals surface area (Å²) in [7, 11) is 0. The van der Waals surface area contributed by atoms with Gasteiger partial charge in [0.25, 0.3) is 0 Å². The van der Waals surface area contributed by atoms with Gasteiger partial charge in [0.2, 0.25) is 0 Å². The Balaban J connectivity index is 2.99. The van der Waals surface area contributed by atoms with E-state index in [4.69, 9.17) is 39.9 Å². The Kier molecular flexibility index (Phi) is 2.66. The van der Waals surface area contributed by atoms with E-state index in [-0.39, 0.29) is 5.17 Å². The molecule has 3 nitrogen and oxygen atoms in total. The normalized spacial score (nSPS) is 34.6. The van der Waals surface area contributed by atoms with E-state index in [2.05, 4.69) is 4.99 Å². The summed E-state index contributed by atoms with van der Waals surface area (Å²) in [5.41, 5.74) is -1.07. The number of dihydropyridines is 1. The van der Waals surface area contributed by atoms with E-state index in [9.17, 15) is 4.79 Å². The minimum atomic E-state index is -1.68. The minimum Gasteiger partial charge on any atom is -0.480 e. The van der Waals surface area contributed by atoms with Crippen LogP contribution in [-0.4, -0.2) is 26.6 Å². The molecule has 0 amide bonds. The van der Waals surface area contributed by atoms with Gasteiger partial charge in [0.05, 0.1) is 0 Å². The van der Waals surface area contributed by atoms with Crippen LogP contribution < -0.4 is 0 Å². The fourth-order valence-corrected chi connectivity index (χ4v) is 1.28. The van der Waals surface area contributed by atoms with Gasteiger partial charge in [0.15, 0.2) is 10.4 Å². The SMILES string of the molecule is O=C(O)C1(Cl)C=CC(Cl)=NC1Cl. The topological polar surface area (TPSA) is 49.7 Å². The van der Waals surface area contributed by atoms with Crippen molar-refractivity contribution in [3.8, 4) is 0 Å². The Labute approximate surface area is 83.6 Å². The van der Waals surface area contributed by atoms with Gasteiger partial charge in [-0.05, 0) is 12.2 Å². The van der Waals surface area contributed by atoms with Crippen LogP contribution in [0.15, 0.2) is 17.1 Å². The molecule has 0 radical (unpaired) electrons. The second-order valence-corrected chi connectivity index (χ2v) is 3.62. The van der Waals surface area contributed by atoms with E-state index in [0.717, 1.165) is 0 Å². The van der Waals surface area contributed by atoms with Crippen LogP contribution >= 0.6 is 34.8 Å². The van der Waals surface area contributed by atoms with Crippen LogP contribution in [0.3, 0.4) is 0 Å². The third kappa shape index (κ3) is 1.58. The van der Waals surface area contributed by atoms with Crippen LogP contribution in [0.25, 0.3) is 0 Å². The summed E-state index contributed by atoms with van der Waals surface area (Å²) in [6.45, 7) is 0. The second kappa shape index (κ2) is 3.24. The highest BCUT2D eigenvalue weighted by Crippen LogP contribution is 2.31. The predicted molar refractivity (Wildman–Crippen MR) is 48.3 cm³/mol. The monoisotopic (exact) mass is 227 g/mol. The molecule has 0 saturated heterocycles. The van der Waals surface area contributed by atoms with Crippen LogP contribution in [0.4, 0.5) is 0 Å². The molecule has 1 aliphatic rings. The molecule has 1 aliphatic heterocycles. The third-order valence-electron chi connectivity index (χ3n) is 1.37. The summed E-state index contributed by atoms with van der Waals surface area (Å²) >= 11 is 16.7. The van der Waals surface area contributed by atoms with Gasteiger partial charge in [0, 0.05) is 0 Å². The molecule has 66 valence electrons. The maximum atomic E-state index is 10.6. The summed E-state index contributed by atoms with van der Waals surface area (Å²) in [6.07, 6.45) is 2.52. The Morgan fingerprint density at radius 2 is 2.33 bits per heavy atom. The fraction of sp³-hybridized carbons (Fsp3) is 0.333. The Morgan fingerprint density at radius 1 is 1.75 bits per heavy atom. The largest absolute Gasteiger partial charge is 0.480 e. The number of carboxylic acids is 1. The van der Waals surface area contributed by atoms with Crippen LogP contribution in [0.2, 0.25) is 0 Å². The number of aliphatic carboxylic acids is 1. The van der Waals surface area contributed by atoms with Gasteiger partial charge in [-0.2, -0.15) is 0 Å². The molecule has 0 saturated carbocycles. The Morgan fingerprint density at radius 3 is 2.75 bits per heavy atom. The summed E-state index contributed by atoms with van der Waals surface area (Å²) in [4.78, 5) is 12.5. The fourth-order valence-electron chi connectivity index (χ4n) is 0.688. The summed E-state index contributed by atoms with van der Waals surface area (Å²) in [5, 5.41) is 8.82. The molecular formula is C6H4Cl3NO2. The number of hydrogen-bond acceptors (Lipinski definition) is 2. The molecule has 1 heterocycles. The standard InChI is InChI=1S/C6H4Cl3NO2/c7-3-1-2-6(9,5(11)12)4(8)10-3/h1-2,4H,(H,11,12). The zero-order valence-corrected chi connectivity index (χ0v) is 7.94. The molecule has 0 aromatic carbocycles. The van der Waals surface area contributed by atoms with Crippen molar-refractivity contribution in [1.29, 1.82) is 0 Å². The molecule has 0 aromatic rings. The predicted octanol–water partition coefficient (Wildman–Crippen LogP) is 1.82. The number of halogens is 3. The molecule has 2 unspecified atom stereocenters. The lowest BCUT2D eigenvalue weighted by atomic mass is 10.1. The van der Waals surface area contributed by atoms with Crippen molar-refractivity contribution in [3.05, 3.63) is 12.2 Å². The highest BCUT2D eigenvalue weighted by Gasteiger charge is 2.43. The first-order valence-corrected chi connectivity index (χ1v) is 4.15. The molecule has 0 spiro atoms. The number of carboxylic acid groups (broad SMARTS) is 1. The molecule has 0 aromatic heterocycles. The highest BCUT2D eigenvalue weighted by atomic mass is 35.5. The highest BCUT2D eigenvalue weighted by molar-refractivity contribution is 6.69.